The summed E-state index contributed by atoms with van der Waals surface area (Å²) in [4.78, 5) is 26.5. The SMILES string of the molecule is COc1cccc(NC(=O)[C@H](C)N(C)CC(=O)Nc2cccc(C)c2C)c1. The molecule has 6 heteroatoms. The fourth-order valence-corrected chi connectivity index (χ4v) is 2.59. The molecule has 0 unspecified atom stereocenters. The Morgan fingerprint density at radius 2 is 1.81 bits per heavy atom. The fraction of sp³-hybridized carbons (Fsp3) is 0.333. The molecule has 2 rings (SSSR count). The number of rotatable bonds is 7. The Bertz CT molecular complexity index is 820. The maximum atomic E-state index is 12.5. The van der Waals surface area contributed by atoms with E-state index in [-0.39, 0.29) is 18.4 Å². The van der Waals surface area contributed by atoms with Crippen LogP contribution in [0.1, 0.15) is 18.1 Å². The van der Waals surface area contributed by atoms with E-state index in [1.165, 1.54) is 0 Å². The molecule has 0 fully saturated rings. The molecule has 0 heterocycles. The van der Waals surface area contributed by atoms with Crippen LogP contribution in [0, 0.1) is 13.8 Å². The van der Waals surface area contributed by atoms with Crippen LogP contribution >= 0.6 is 0 Å². The molecule has 0 aliphatic carbocycles. The van der Waals surface area contributed by atoms with Crippen LogP contribution in [0.3, 0.4) is 0 Å². The second-order valence-electron chi connectivity index (χ2n) is 6.61. The Labute approximate surface area is 160 Å². The summed E-state index contributed by atoms with van der Waals surface area (Å²) in [6.07, 6.45) is 0. The molecular weight excluding hydrogens is 342 g/mol. The van der Waals surface area contributed by atoms with Gasteiger partial charge in [-0.2, -0.15) is 0 Å². The van der Waals surface area contributed by atoms with Crippen molar-refractivity contribution in [1.29, 1.82) is 0 Å². The summed E-state index contributed by atoms with van der Waals surface area (Å²) in [5.74, 6) is 0.319. The van der Waals surface area contributed by atoms with Crippen LogP contribution in [0.5, 0.6) is 5.75 Å². The van der Waals surface area contributed by atoms with Gasteiger partial charge in [-0.3, -0.25) is 14.5 Å². The first-order valence-electron chi connectivity index (χ1n) is 8.83. The van der Waals surface area contributed by atoms with E-state index in [0.29, 0.717) is 11.4 Å². The lowest BCUT2D eigenvalue weighted by Gasteiger charge is -2.23. The summed E-state index contributed by atoms with van der Waals surface area (Å²) >= 11 is 0. The van der Waals surface area contributed by atoms with Gasteiger partial charge in [0, 0.05) is 17.4 Å². The van der Waals surface area contributed by atoms with Crippen LogP contribution < -0.4 is 15.4 Å². The van der Waals surface area contributed by atoms with E-state index in [0.717, 1.165) is 16.8 Å². The van der Waals surface area contributed by atoms with E-state index in [2.05, 4.69) is 10.6 Å². The Morgan fingerprint density at radius 3 is 2.52 bits per heavy atom. The summed E-state index contributed by atoms with van der Waals surface area (Å²) in [7, 11) is 3.32. The normalized spacial score (nSPS) is 11.8. The van der Waals surface area contributed by atoms with E-state index in [9.17, 15) is 9.59 Å². The summed E-state index contributed by atoms with van der Waals surface area (Å²) in [5, 5.41) is 5.76. The number of anilines is 2. The van der Waals surface area contributed by atoms with Crippen molar-refractivity contribution in [2.24, 2.45) is 0 Å². The van der Waals surface area contributed by atoms with Gasteiger partial charge in [-0.05, 0) is 57.1 Å². The van der Waals surface area contributed by atoms with Gasteiger partial charge in [-0.1, -0.05) is 18.2 Å². The van der Waals surface area contributed by atoms with Crippen molar-refractivity contribution in [2.45, 2.75) is 26.8 Å². The molecule has 0 spiro atoms. The second-order valence-corrected chi connectivity index (χ2v) is 6.61. The van der Waals surface area contributed by atoms with Gasteiger partial charge in [-0.15, -0.1) is 0 Å². The van der Waals surface area contributed by atoms with Crippen LogP contribution in [0.15, 0.2) is 42.5 Å². The van der Waals surface area contributed by atoms with Crippen molar-refractivity contribution in [3.8, 4) is 5.75 Å². The highest BCUT2D eigenvalue weighted by atomic mass is 16.5. The summed E-state index contributed by atoms with van der Waals surface area (Å²) < 4.78 is 5.16. The highest BCUT2D eigenvalue weighted by Gasteiger charge is 2.20. The average Bonchev–Trinajstić information content (AvgIpc) is 2.64. The molecule has 0 radical (unpaired) electrons. The van der Waals surface area contributed by atoms with Gasteiger partial charge in [0.05, 0.1) is 19.7 Å². The zero-order valence-electron chi connectivity index (χ0n) is 16.5. The number of aryl methyl sites for hydroxylation is 1. The maximum absolute atomic E-state index is 12.5. The molecule has 0 aliphatic rings. The zero-order chi connectivity index (χ0) is 20.0. The third-order valence-electron chi connectivity index (χ3n) is 4.65. The summed E-state index contributed by atoms with van der Waals surface area (Å²) in [6.45, 7) is 5.85. The molecule has 27 heavy (non-hydrogen) atoms. The fourth-order valence-electron chi connectivity index (χ4n) is 2.59. The number of ether oxygens (including phenoxy) is 1. The van der Waals surface area contributed by atoms with E-state index in [1.807, 2.05) is 38.1 Å². The number of carbonyl (C=O) groups excluding carboxylic acids is 2. The first-order chi connectivity index (χ1) is 12.8. The number of benzene rings is 2. The van der Waals surface area contributed by atoms with Crippen LogP contribution in [-0.4, -0.2) is 43.5 Å². The Morgan fingerprint density at radius 1 is 1.11 bits per heavy atom. The molecule has 2 amide bonds. The molecule has 2 N–H and O–H groups in total. The quantitative estimate of drug-likeness (QED) is 0.786. The number of amides is 2. The molecule has 2 aromatic rings. The number of hydrogen-bond donors (Lipinski definition) is 2. The Kier molecular flexibility index (Phi) is 6.96. The lowest BCUT2D eigenvalue weighted by molar-refractivity contribution is -0.122. The van der Waals surface area contributed by atoms with Crippen LogP contribution in [0.4, 0.5) is 11.4 Å². The van der Waals surface area contributed by atoms with Crippen LogP contribution in [0.25, 0.3) is 0 Å². The minimum Gasteiger partial charge on any atom is -0.497 e. The number of nitrogens with one attached hydrogen (secondary N) is 2. The monoisotopic (exact) mass is 369 g/mol. The van der Waals surface area contributed by atoms with E-state index in [4.69, 9.17) is 4.74 Å². The summed E-state index contributed by atoms with van der Waals surface area (Å²) in [6, 6.07) is 12.5. The van der Waals surface area contributed by atoms with Crippen LogP contribution in [0.2, 0.25) is 0 Å². The molecule has 1 atom stereocenters. The topological polar surface area (TPSA) is 70.7 Å². The van der Waals surface area contributed by atoms with Crippen molar-refractivity contribution >= 4 is 23.2 Å². The predicted molar refractivity (Wildman–Crippen MR) is 108 cm³/mol. The second kappa shape index (κ2) is 9.19. The molecule has 0 aliphatic heterocycles. The Balaban J connectivity index is 1.93. The first-order valence-corrected chi connectivity index (χ1v) is 8.83. The molecular formula is C21H27N3O3. The lowest BCUT2D eigenvalue weighted by atomic mass is 10.1. The highest BCUT2D eigenvalue weighted by molar-refractivity contribution is 5.96. The van der Waals surface area contributed by atoms with Crippen molar-refractivity contribution in [2.75, 3.05) is 31.3 Å². The zero-order valence-corrected chi connectivity index (χ0v) is 16.5. The lowest BCUT2D eigenvalue weighted by Crippen LogP contribution is -2.43. The van der Waals surface area contributed by atoms with Gasteiger partial charge >= 0.3 is 0 Å². The molecule has 144 valence electrons. The number of methoxy groups -OCH3 is 1. The van der Waals surface area contributed by atoms with Crippen molar-refractivity contribution in [3.63, 3.8) is 0 Å². The van der Waals surface area contributed by atoms with E-state index >= 15 is 0 Å². The number of likely N-dealkylation sites (N-methyl/N-ethyl adjacent to an activating group) is 1. The number of carbonyl (C=O) groups is 2. The van der Waals surface area contributed by atoms with E-state index in [1.54, 1.807) is 44.2 Å². The van der Waals surface area contributed by atoms with Crippen molar-refractivity contribution < 1.29 is 14.3 Å². The van der Waals surface area contributed by atoms with Gasteiger partial charge in [0.15, 0.2) is 0 Å². The molecule has 0 aromatic heterocycles. The van der Waals surface area contributed by atoms with Crippen molar-refractivity contribution in [1.82, 2.24) is 4.90 Å². The van der Waals surface area contributed by atoms with E-state index < -0.39 is 6.04 Å². The molecule has 6 nitrogen and oxygen atoms in total. The average molecular weight is 369 g/mol. The van der Waals surface area contributed by atoms with Gasteiger partial charge < -0.3 is 15.4 Å². The largest absolute Gasteiger partial charge is 0.497 e. The van der Waals surface area contributed by atoms with Crippen LogP contribution in [-0.2, 0) is 9.59 Å². The third-order valence-corrected chi connectivity index (χ3v) is 4.65. The van der Waals surface area contributed by atoms with Gasteiger partial charge in [0.2, 0.25) is 11.8 Å². The number of nitrogens with zero attached hydrogens (tertiary/aromatic N) is 1. The third kappa shape index (κ3) is 5.56. The maximum Gasteiger partial charge on any atom is 0.241 e. The molecule has 0 saturated carbocycles. The van der Waals surface area contributed by atoms with Gasteiger partial charge in [-0.25, -0.2) is 0 Å². The highest BCUT2D eigenvalue weighted by Crippen LogP contribution is 2.19. The van der Waals surface area contributed by atoms with Gasteiger partial charge in [0.25, 0.3) is 0 Å². The standard InChI is InChI=1S/C21H27N3O3/c1-14-8-6-11-19(15(14)2)23-20(25)13-24(4)16(3)21(26)22-17-9-7-10-18(12-17)27-5/h6-12,16H,13H2,1-5H3,(H,22,26)(H,23,25)/t16-/m0/s1. The predicted octanol–water partition coefficient (Wildman–Crippen LogP) is 3.21. The molecule has 2 aromatic carbocycles. The number of hydrogen-bond acceptors (Lipinski definition) is 4. The molecule has 0 saturated heterocycles. The Hall–Kier alpha value is -2.86. The first kappa shape index (κ1) is 20.5. The van der Waals surface area contributed by atoms with Crippen molar-refractivity contribution in [3.05, 3.63) is 53.6 Å². The minimum absolute atomic E-state index is 0.111. The van der Waals surface area contributed by atoms with Gasteiger partial charge in [0.1, 0.15) is 5.75 Å². The minimum atomic E-state index is -0.472. The smallest absolute Gasteiger partial charge is 0.241 e. The molecule has 0 bridgehead atoms. The summed E-state index contributed by atoms with van der Waals surface area (Å²) in [5.41, 5.74) is 3.60.